The molecule has 0 saturated carbocycles. The topological polar surface area (TPSA) is 162 Å². The maximum Gasteiger partial charge on any atom is 0.296 e. The van der Waals surface area contributed by atoms with E-state index in [0.29, 0.717) is 4.73 Å². The molecule has 2 heterocycles. The lowest BCUT2D eigenvalue weighted by atomic mass is 10.2. The van der Waals surface area contributed by atoms with Crippen LogP contribution in [-0.4, -0.2) is 24.6 Å². The molecule has 0 bridgehead atoms. The summed E-state index contributed by atoms with van der Waals surface area (Å²) in [4.78, 5) is 14.3. The molecular weight excluding hydrogens is 404 g/mol. The summed E-state index contributed by atoms with van der Waals surface area (Å²) >= 11 is 0. The van der Waals surface area contributed by atoms with Gasteiger partial charge in [0.25, 0.3) is 5.69 Å². The lowest BCUT2D eigenvalue weighted by Gasteiger charge is -2.13. The van der Waals surface area contributed by atoms with Crippen LogP contribution in [0.3, 0.4) is 0 Å². The highest BCUT2D eigenvalue weighted by atomic mass is 32.2. The van der Waals surface area contributed by atoms with E-state index in [1.807, 2.05) is 0 Å². The first-order valence-electron chi connectivity index (χ1n) is 7.92. The maximum atomic E-state index is 11.5. The van der Waals surface area contributed by atoms with Gasteiger partial charge in [0.1, 0.15) is 11.4 Å². The minimum atomic E-state index is -3.50. The van der Waals surface area contributed by atoms with Crippen molar-refractivity contribution >= 4 is 21.2 Å². The SMILES string of the molecule is CS(=O)(=O)c1ccc(Oc2cc([N+](=O)[O-])c(N)cc2Oc2ccc[n+]([O-])c2)cn1. The first-order valence-corrected chi connectivity index (χ1v) is 9.81. The zero-order valence-electron chi connectivity index (χ0n) is 14.9. The van der Waals surface area contributed by atoms with Crippen LogP contribution >= 0.6 is 0 Å². The summed E-state index contributed by atoms with van der Waals surface area (Å²) in [5.41, 5.74) is 5.12. The Bertz CT molecular complexity index is 1180. The van der Waals surface area contributed by atoms with Crippen LogP contribution in [0.2, 0.25) is 0 Å². The summed E-state index contributed by atoms with van der Waals surface area (Å²) in [6.45, 7) is 0. The van der Waals surface area contributed by atoms with Gasteiger partial charge in [-0.2, -0.15) is 4.73 Å². The average molecular weight is 418 g/mol. The Morgan fingerprint density at radius 2 is 1.83 bits per heavy atom. The van der Waals surface area contributed by atoms with Crippen LogP contribution in [0.15, 0.2) is 60.0 Å². The van der Waals surface area contributed by atoms with Crippen molar-refractivity contribution < 1.29 is 27.5 Å². The van der Waals surface area contributed by atoms with Gasteiger partial charge in [-0.25, -0.2) is 13.4 Å². The van der Waals surface area contributed by atoms with Crippen LogP contribution in [0.5, 0.6) is 23.0 Å². The number of ether oxygens (including phenoxy) is 2. The number of anilines is 1. The number of nitrogen functional groups attached to an aromatic ring is 1. The molecule has 0 unspecified atom stereocenters. The predicted octanol–water partition coefficient (Wildman–Crippen LogP) is 2.19. The Morgan fingerprint density at radius 3 is 2.41 bits per heavy atom. The number of pyridine rings is 2. The quantitative estimate of drug-likeness (QED) is 0.208. The zero-order chi connectivity index (χ0) is 21.2. The van der Waals surface area contributed by atoms with Gasteiger partial charge in [0.15, 0.2) is 38.3 Å². The number of hydrogen-bond donors (Lipinski definition) is 1. The number of rotatable bonds is 6. The Hall–Kier alpha value is -3.93. The van der Waals surface area contributed by atoms with Crippen molar-refractivity contribution in [3.8, 4) is 23.0 Å². The number of nitrogens with zero attached hydrogens (tertiary/aromatic N) is 3. The van der Waals surface area contributed by atoms with Crippen LogP contribution in [0.4, 0.5) is 11.4 Å². The van der Waals surface area contributed by atoms with E-state index in [1.54, 1.807) is 0 Å². The van der Waals surface area contributed by atoms with Crippen molar-refractivity contribution in [2.75, 3.05) is 12.0 Å². The number of benzene rings is 1. The molecule has 0 aliphatic heterocycles. The lowest BCUT2D eigenvalue weighted by Crippen LogP contribution is -2.23. The first kappa shape index (κ1) is 19.8. The summed E-state index contributed by atoms with van der Waals surface area (Å²) in [7, 11) is -3.50. The standard InChI is InChI=1S/C17H14N4O7S/c1-29(25,26)17-5-4-11(9-19-17)27-16-8-14(21(23)24)13(18)7-15(16)28-12-3-2-6-20(22)10-12/h2-10H,18H2,1H3. The summed E-state index contributed by atoms with van der Waals surface area (Å²) < 4.78 is 34.7. The smallest absolute Gasteiger partial charge is 0.296 e. The van der Waals surface area contributed by atoms with Gasteiger partial charge in [-0.1, -0.05) is 0 Å². The van der Waals surface area contributed by atoms with E-state index in [-0.39, 0.29) is 33.7 Å². The molecule has 11 nitrogen and oxygen atoms in total. The van der Waals surface area contributed by atoms with Gasteiger partial charge >= 0.3 is 0 Å². The molecule has 3 aromatic rings. The summed E-state index contributed by atoms with van der Waals surface area (Å²) in [6.07, 6.45) is 4.55. The van der Waals surface area contributed by atoms with E-state index in [1.165, 1.54) is 36.5 Å². The second-order valence-electron chi connectivity index (χ2n) is 5.82. The molecule has 1 aromatic carbocycles. The maximum absolute atomic E-state index is 11.5. The van der Waals surface area contributed by atoms with Crippen LogP contribution in [0, 0.1) is 15.3 Å². The molecular formula is C17H14N4O7S. The van der Waals surface area contributed by atoms with Gasteiger partial charge in [-0.05, 0) is 18.2 Å². The minimum Gasteiger partial charge on any atom is -0.619 e. The predicted molar refractivity (Wildman–Crippen MR) is 100 cm³/mol. The molecule has 0 aliphatic rings. The monoisotopic (exact) mass is 418 g/mol. The Balaban J connectivity index is 2.00. The summed E-state index contributed by atoms with van der Waals surface area (Å²) in [5.74, 6) is 0.173. The number of nitrogens with two attached hydrogens (primary N) is 1. The Kier molecular flexibility index (Phi) is 5.19. The molecule has 29 heavy (non-hydrogen) atoms. The van der Waals surface area contributed by atoms with Gasteiger partial charge in [0, 0.05) is 18.4 Å². The second-order valence-corrected chi connectivity index (χ2v) is 7.79. The lowest BCUT2D eigenvalue weighted by molar-refractivity contribution is -0.605. The molecule has 0 saturated heterocycles. The molecule has 3 rings (SSSR count). The normalized spacial score (nSPS) is 11.1. The van der Waals surface area contributed by atoms with Crippen LogP contribution in [0.25, 0.3) is 0 Å². The van der Waals surface area contributed by atoms with E-state index in [9.17, 15) is 23.7 Å². The van der Waals surface area contributed by atoms with Crippen molar-refractivity contribution in [2.24, 2.45) is 0 Å². The molecule has 0 radical (unpaired) electrons. The number of nitro groups is 1. The highest BCUT2D eigenvalue weighted by molar-refractivity contribution is 7.90. The summed E-state index contributed by atoms with van der Waals surface area (Å²) in [5, 5.41) is 22.5. The van der Waals surface area contributed by atoms with Gasteiger partial charge in [0.2, 0.25) is 6.20 Å². The van der Waals surface area contributed by atoms with Gasteiger partial charge in [0.05, 0.1) is 17.2 Å². The molecule has 0 amide bonds. The fraction of sp³-hybridized carbons (Fsp3) is 0.0588. The molecule has 0 atom stereocenters. The van der Waals surface area contributed by atoms with E-state index < -0.39 is 20.4 Å². The molecule has 0 spiro atoms. The number of aromatic nitrogens is 2. The van der Waals surface area contributed by atoms with E-state index in [0.717, 1.165) is 24.7 Å². The highest BCUT2D eigenvalue weighted by Crippen LogP contribution is 2.40. The Labute approximate surface area is 164 Å². The molecule has 0 fully saturated rings. The van der Waals surface area contributed by atoms with E-state index in [4.69, 9.17) is 15.2 Å². The zero-order valence-corrected chi connectivity index (χ0v) is 15.7. The fourth-order valence-corrected chi connectivity index (χ4v) is 2.84. The molecule has 2 N–H and O–H groups in total. The molecule has 150 valence electrons. The van der Waals surface area contributed by atoms with Crippen LogP contribution in [0.1, 0.15) is 0 Å². The average Bonchev–Trinajstić information content (AvgIpc) is 2.63. The highest BCUT2D eigenvalue weighted by Gasteiger charge is 2.20. The fourth-order valence-electron chi connectivity index (χ4n) is 2.28. The number of hydrogen-bond acceptors (Lipinski definition) is 9. The van der Waals surface area contributed by atoms with Crippen molar-refractivity contribution in [3.63, 3.8) is 0 Å². The molecule has 2 aromatic heterocycles. The largest absolute Gasteiger partial charge is 0.619 e. The van der Waals surface area contributed by atoms with Gasteiger partial charge < -0.3 is 20.4 Å². The van der Waals surface area contributed by atoms with Crippen molar-refractivity contribution in [1.82, 2.24) is 4.98 Å². The van der Waals surface area contributed by atoms with Crippen molar-refractivity contribution in [2.45, 2.75) is 5.03 Å². The third-order valence-corrected chi connectivity index (χ3v) is 4.58. The second kappa shape index (κ2) is 7.59. The van der Waals surface area contributed by atoms with E-state index >= 15 is 0 Å². The van der Waals surface area contributed by atoms with Crippen LogP contribution < -0.4 is 19.9 Å². The number of sulfone groups is 1. The number of nitro benzene ring substituents is 1. The minimum absolute atomic E-state index is 0.00601. The summed E-state index contributed by atoms with van der Waals surface area (Å²) in [6, 6.07) is 7.76. The Morgan fingerprint density at radius 1 is 1.14 bits per heavy atom. The van der Waals surface area contributed by atoms with E-state index in [2.05, 4.69) is 4.98 Å². The van der Waals surface area contributed by atoms with Gasteiger partial charge in [-0.3, -0.25) is 10.1 Å². The van der Waals surface area contributed by atoms with Crippen LogP contribution in [-0.2, 0) is 9.84 Å². The first-order chi connectivity index (χ1) is 13.6. The third-order valence-electron chi connectivity index (χ3n) is 3.58. The molecule has 12 heteroatoms. The van der Waals surface area contributed by atoms with Gasteiger partial charge in [-0.15, -0.1) is 0 Å². The molecule has 0 aliphatic carbocycles. The van der Waals surface area contributed by atoms with Crippen molar-refractivity contribution in [1.29, 1.82) is 0 Å². The third kappa shape index (κ3) is 4.68. The van der Waals surface area contributed by atoms with Crippen molar-refractivity contribution in [3.05, 3.63) is 70.3 Å².